The van der Waals surface area contributed by atoms with Crippen LogP contribution in [-0.4, -0.2) is 29.2 Å². The molecular weight excluding hydrogens is 180 g/mol. The monoisotopic (exact) mass is 194 g/mol. The summed E-state index contributed by atoms with van der Waals surface area (Å²) >= 11 is 0. The zero-order valence-corrected chi connectivity index (χ0v) is 7.92. The van der Waals surface area contributed by atoms with Gasteiger partial charge >= 0.3 is 0 Å². The molecule has 1 atom stereocenters. The van der Waals surface area contributed by atoms with Gasteiger partial charge in [-0.25, -0.2) is 0 Å². The Balaban J connectivity index is 1.78. The maximum absolute atomic E-state index is 11.5. The van der Waals surface area contributed by atoms with Crippen LogP contribution >= 0.6 is 0 Å². The first kappa shape index (κ1) is 9.21. The van der Waals surface area contributed by atoms with Crippen LogP contribution in [0, 0.1) is 5.92 Å². The summed E-state index contributed by atoms with van der Waals surface area (Å²) < 4.78 is 0. The van der Waals surface area contributed by atoms with E-state index in [1.54, 1.807) is 12.4 Å². The van der Waals surface area contributed by atoms with Crippen LogP contribution in [0.1, 0.15) is 12.8 Å². The van der Waals surface area contributed by atoms with E-state index >= 15 is 0 Å². The van der Waals surface area contributed by atoms with Crippen molar-refractivity contribution >= 4 is 11.6 Å². The van der Waals surface area contributed by atoms with Crippen molar-refractivity contribution in [1.82, 2.24) is 15.5 Å². The molecule has 0 saturated carbocycles. The van der Waals surface area contributed by atoms with Crippen molar-refractivity contribution in [3.63, 3.8) is 0 Å². The van der Waals surface area contributed by atoms with Crippen LogP contribution in [0.5, 0.6) is 0 Å². The highest BCUT2D eigenvalue weighted by Crippen LogP contribution is 2.13. The summed E-state index contributed by atoms with van der Waals surface area (Å²) in [7, 11) is 0. The van der Waals surface area contributed by atoms with Gasteiger partial charge < -0.3 is 10.6 Å². The van der Waals surface area contributed by atoms with Gasteiger partial charge in [0.25, 0.3) is 0 Å². The van der Waals surface area contributed by atoms with E-state index in [1.165, 1.54) is 0 Å². The molecule has 76 valence electrons. The van der Waals surface area contributed by atoms with Gasteiger partial charge in [-0.15, -0.1) is 0 Å². The Morgan fingerprint density at radius 3 is 3.29 bits per heavy atom. The van der Waals surface area contributed by atoms with Crippen molar-refractivity contribution in [2.75, 3.05) is 18.4 Å². The van der Waals surface area contributed by atoms with Gasteiger partial charge in [0.1, 0.15) is 0 Å². The lowest BCUT2D eigenvalue weighted by Gasteiger charge is -2.07. The Bertz CT molecular complexity index is 290. The molecule has 1 aromatic rings. The molecule has 1 unspecified atom stereocenters. The average molecular weight is 194 g/mol. The highest BCUT2D eigenvalue weighted by atomic mass is 16.1. The molecule has 2 rings (SSSR count). The summed E-state index contributed by atoms with van der Waals surface area (Å²) in [5.41, 5.74) is 0.737. The lowest BCUT2D eigenvalue weighted by atomic mass is 10.0. The fourth-order valence-electron chi connectivity index (χ4n) is 1.68. The number of aromatic amines is 1. The first-order valence-corrected chi connectivity index (χ1v) is 4.84. The molecule has 14 heavy (non-hydrogen) atoms. The number of H-pyrrole nitrogens is 1. The molecule has 1 aromatic heterocycles. The number of hydrogen-bond acceptors (Lipinski definition) is 3. The molecule has 0 spiro atoms. The topological polar surface area (TPSA) is 69.8 Å². The van der Waals surface area contributed by atoms with Crippen molar-refractivity contribution < 1.29 is 4.79 Å². The molecule has 0 bridgehead atoms. The first-order valence-electron chi connectivity index (χ1n) is 4.84. The molecule has 0 radical (unpaired) electrons. The molecule has 2 heterocycles. The smallest absolute Gasteiger partial charge is 0.224 e. The maximum Gasteiger partial charge on any atom is 0.224 e. The van der Waals surface area contributed by atoms with E-state index in [1.807, 2.05) is 0 Å². The van der Waals surface area contributed by atoms with Crippen molar-refractivity contribution in [3.05, 3.63) is 12.4 Å². The minimum Gasteiger partial charge on any atom is -0.323 e. The second-order valence-electron chi connectivity index (χ2n) is 3.60. The van der Waals surface area contributed by atoms with Crippen LogP contribution in [0.25, 0.3) is 0 Å². The van der Waals surface area contributed by atoms with Crippen LogP contribution in [0.3, 0.4) is 0 Å². The summed E-state index contributed by atoms with van der Waals surface area (Å²) in [6.45, 7) is 1.99. The Morgan fingerprint density at radius 1 is 1.71 bits per heavy atom. The van der Waals surface area contributed by atoms with Crippen molar-refractivity contribution in [2.45, 2.75) is 12.8 Å². The van der Waals surface area contributed by atoms with Gasteiger partial charge in [0, 0.05) is 12.6 Å². The number of amides is 1. The van der Waals surface area contributed by atoms with Crippen LogP contribution in [-0.2, 0) is 4.79 Å². The lowest BCUT2D eigenvalue weighted by molar-refractivity contribution is -0.116. The minimum absolute atomic E-state index is 0.0695. The highest BCUT2D eigenvalue weighted by molar-refractivity contribution is 5.90. The summed E-state index contributed by atoms with van der Waals surface area (Å²) in [6, 6.07) is 0. The zero-order chi connectivity index (χ0) is 9.80. The van der Waals surface area contributed by atoms with E-state index in [2.05, 4.69) is 20.8 Å². The van der Waals surface area contributed by atoms with Gasteiger partial charge in [0.05, 0.1) is 11.9 Å². The maximum atomic E-state index is 11.5. The lowest BCUT2D eigenvalue weighted by Crippen LogP contribution is -2.18. The van der Waals surface area contributed by atoms with E-state index in [4.69, 9.17) is 0 Å². The van der Waals surface area contributed by atoms with E-state index < -0.39 is 0 Å². The van der Waals surface area contributed by atoms with Crippen molar-refractivity contribution in [3.8, 4) is 0 Å². The molecule has 1 amide bonds. The predicted octanol–water partition coefficient (Wildman–Crippen LogP) is 0.348. The molecule has 5 heteroatoms. The summed E-state index contributed by atoms with van der Waals surface area (Å²) in [6.07, 6.45) is 4.96. The number of nitrogens with one attached hydrogen (secondary N) is 3. The summed E-state index contributed by atoms with van der Waals surface area (Å²) in [5, 5.41) is 12.4. The predicted molar refractivity (Wildman–Crippen MR) is 52.8 cm³/mol. The number of carbonyl (C=O) groups is 1. The molecule has 1 aliphatic heterocycles. The molecule has 0 aromatic carbocycles. The summed E-state index contributed by atoms with van der Waals surface area (Å²) in [5.74, 6) is 0.557. The second kappa shape index (κ2) is 4.23. The van der Waals surface area contributed by atoms with Crippen LogP contribution in [0.15, 0.2) is 12.4 Å². The molecule has 1 fully saturated rings. The molecule has 1 saturated heterocycles. The van der Waals surface area contributed by atoms with Gasteiger partial charge in [-0.1, -0.05) is 0 Å². The zero-order valence-electron chi connectivity index (χ0n) is 7.92. The normalized spacial score (nSPS) is 21.0. The Kier molecular flexibility index (Phi) is 2.78. The van der Waals surface area contributed by atoms with Crippen LogP contribution in [0.4, 0.5) is 5.69 Å². The standard InChI is InChI=1S/C9H14N4O/c14-9(3-7-1-2-10-4-7)13-8-5-11-12-6-8/h5-7,10H,1-4H2,(H,11,12)(H,13,14). The van der Waals surface area contributed by atoms with Gasteiger partial charge in [0.15, 0.2) is 0 Å². The number of carbonyl (C=O) groups excluding carboxylic acids is 1. The van der Waals surface area contributed by atoms with Crippen LogP contribution < -0.4 is 10.6 Å². The molecule has 0 aliphatic carbocycles. The second-order valence-corrected chi connectivity index (χ2v) is 3.60. The van der Waals surface area contributed by atoms with Gasteiger partial charge in [-0.3, -0.25) is 9.89 Å². The van der Waals surface area contributed by atoms with Gasteiger partial charge in [-0.05, 0) is 25.4 Å². The Morgan fingerprint density at radius 2 is 2.64 bits per heavy atom. The van der Waals surface area contributed by atoms with E-state index in [9.17, 15) is 4.79 Å². The number of hydrogen-bond donors (Lipinski definition) is 3. The van der Waals surface area contributed by atoms with Crippen LogP contribution in [0.2, 0.25) is 0 Å². The minimum atomic E-state index is 0.0695. The number of anilines is 1. The van der Waals surface area contributed by atoms with E-state index in [0.717, 1.165) is 25.2 Å². The van der Waals surface area contributed by atoms with E-state index in [-0.39, 0.29) is 5.91 Å². The fourth-order valence-corrected chi connectivity index (χ4v) is 1.68. The van der Waals surface area contributed by atoms with Crippen molar-refractivity contribution in [1.29, 1.82) is 0 Å². The Labute approximate surface area is 82.3 Å². The number of aromatic nitrogens is 2. The largest absolute Gasteiger partial charge is 0.323 e. The Hall–Kier alpha value is -1.36. The number of rotatable bonds is 3. The third kappa shape index (κ3) is 2.32. The van der Waals surface area contributed by atoms with E-state index in [0.29, 0.717) is 12.3 Å². The summed E-state index contributed by atoms with van der Waals surface area (Å²) in [4.78, 5) is 11.5. The molecule has 1 aliphatic rings. The van der Waals surface area contributed by atoms with Gasteiger partial charge in [0.2, 0.25) is 5.91 Å². The average Bonchev–Trinajstić information content (AvgIpc) is 2.76. The fraction of sp³-hybridized carbons (Fsp3) is 0.556. The SMILES string of the molecule is O=C(CC1CCNC1)Nc1cn[nH]c1. The van der Waals surface area contributed by atoms with Gasteiger partial charge in [-0.2, -0.15) is 5.10 Å². The molecular formula is C9H14N4O. The third-order valence-corrected chi connectivity index (χ3v) is 2.42. The molecule has 5 nitrogen and oxygen atoms in total. The van der Waals surface area contributed by atoms with Crippen molar-refractivity contribution in [2.24, 2.45) is 5.92 Å². The first-order chi connectivity index (χ1) is 6.84. The molecule has 3 N–H and O–H groups in total. The highest BCUT2D eigenvalue weighted by Gasteiger charge is 2.17. The third-order valence-electron chi connectivity index (χ3n) is 2.42. The number of nitrogens with zero attached hydrogens (tertiary/aromatic N) is 1. The quantitative estimate of drug-likeness (QED) is 0.650.